The van der Waals surface area contributed by atoms with Crippen molar-refractivity contribution in [3.63, 3.8) is 0 Å². The van der Waals surface area contributed by atoms with E-state index < -0.39 is 5.24 Å². The van der Waals surface area contributed by atoms with Crippen LogP contribution in [0.1, 0.15) is 61.4 Å². The number of halogens is 1. The fourth-order valence-electron chi connectivity index (χ4n) is 7.49. The second-order valence-corrected chi connectivity index (χ2v) is 11.5. The van der Waals surface area contributed by atoms with Gasteiger partial charge in [0.15, 0.2) is 13.1 Å². The van der Waals surface area contributed by atoms with E-state index in [1.807, 2.05) is 19.1 Å². The number of methoxy groups -OCH3 is 1. The topological polar surface area (TPSA) is 44.8 Å². The molecule has 3 aromatic rings. The van der Waals surface area contributed by atoms with Gasteiger partial charge in [-0.1, -0.05) is 24.3 Å². The molecule has 5 heteroatoms. The van der Waals surface area contributed by atoms with Crippen LogP contribution >= 0.6 is 11.6 Å². The number of carbonyl (C=O) groups excluding carboxylic acids is 1. The summed E-state index contributed by atoms with van der Waals surface area (Å²) in [6.45, 7) is 2.05. The summed E-state index contributed by atoms with van der Waals surface area (Å²) < 4.78 is 17.3. The third-order valence-electron chi connectivity index (χ3n) is 8.84. The monoisotopic (exact) mass is 504 g/mol. The molecule has 1 atom stereocenters. The average molecular weight is 505 g/mol. The van der Waals surface area contributed by atoms with Crippen LogP contribution in [0.15, 0.2) is 54.6 Å². The first-order chi connectivity index (χ1) is 17.4. The predicted octanol–water partition coefficient (Wildman–Crippen LogP) is 7.70. The smallest absolute Gasteiger partial charge is 0.252 e. The first-order valence-electron chi connectivity index (χ1n) is 13.1. The van der Waals surface area contributed by atoms with Crippen LogP contribution in [0, 0.1) is 17.8 Å². The van der Waals surface area contributed by atoms with Gasteiger partial charge in [-0.3, -0.25) is 4.79 Å². The van der Waals surface area contributed by atoms with E-state index in [0.29, 0.717) is 5.56 Å². The number of benzene rings is 3. The summed E-state index contributed by atoms with van der Waals surface area (Å²) in [5.74, 6) is 3.49. The number of ether oxygens (including phenoxy) is 3. The Morgan fingerprint density at radius 1 is 0.917 bits per heavy atom. The van der Waals surface area contributed by atoms with Crippen molar-refractivity contribution in [2.75, 3.05) is 13.9 Å². The molecule has 4 saturated carbocycles. The minimum atomic E-state index is -0.434. The molecule has 4 aliphatic carbocycles. The van der Waals surface area contributed by atoms with E-state index in [-0.39, 0.29) is 18.5 Å². The minimum Gasteiger partial charge on any atom is -0.467 e. The van der Waals surface area contributed by atoms with E-state index >= 15 is 0 Å². The van der Waals surface area contributed by atoms with Crippen molar-refractivity contribution < 1.29 is 19.0 Å². The lowest BCUT2D eigenvalue weighted by Gasteiger charge is -2.57. The Hall–Kier alpha value is -2.40. The molecule has 0 radical (unpaired) electrons. The summed E-state index contributed by atoms with van der Waals surface area (Å²) in [5.41, 5.74) is 4.25. The highest BCUT2D eigenvalue weighted by atomic mass is 35.5. The summed E-state index contributed by atoms with van der Waals surface area (Å²) in [6, 6.07) is 18.6. The molecule has 36 heavy (non-hydrogen) atoms. The predicted molar refractivity (Wildman–Crippen MR) is 142 cm³/mol. The molecular formula is C31H33ClO4. The van der Waals surface area contributed by atoms with Crippen LogP contribution in [0.25, 0.3) is 21.9 Å². The molecule has 0 amide bonds. The molecule has 4 bridgehead atoms. The Balaban J connectivity index is 1.40. The molecule has 4 aliphatic rings. The summed E-state index contributed by atoms with van der Waals surface area (Å²) in [4.78, 5) is 11.5. The van der Waals surface area contributed by atoms with E-state index in [9.17, 15) is 4.79 Å². The molecular weight excluding hydrogens is 472 g/mol. The quantitative estimate of drug-likeness (QED) is 0.233. The van der Waals surface area contributed by atoms with E-state index in [1.54, 1.807) is 19.2 Å². The summed E-state index contributed by atoms with van der Waals surface area (Å²) in [7, 11) is 1.64. The van der Waals surface area contributed by atoms with Gasteiger partial charge in [-0.2, -0.15) is 0 Å². The maximum absolute atomic E-state index is 11.5. The minimum absolute atomic E-state index is 0.170. The van der Waals surface area contributed by atoms with E-state index in [4.69, 9.17) is 25.8 Å². The van der Waals surface area contributed by atoms with E-state index in [2.05, 4.69) is 30.3 Å². The molecule has 4 fully saturated rings. The van der Waals surface area contributed by atoms with Crippen LogP contribution in [-0.2, 0) is 14.9 Å². The molecule has 0 heterocycles. The van der Waals surface area contributed by atoms with Gasteiger partial charge in [0, 0.05) is 18.2 Å². The standard InChI is InChI=1S/C31H33ClO4/c1-19(34-2)35-18-36-29-14-26-8-7-25(23-3-5-24(6-4-23)30(32)33)12-27(26)13-28(29)31-15-20-9-21(16-31)11-22(10-20)17-31/h3-8,12-14,19-22H,9-11,15-18H2,1-2H3. The van der Waals surface area contributed by atoms with Gasteiger partial charge in [0.2, 0.25) is 0 Å². The van der Waals surface area contributed by atoms with Crippen LogP contribution < -0.4 is 4.74 Å². The van der Waals surface area contributed by atoms with E-state index in [1.165, 1.54) is 49.5 Å². The number of carbonyl (C=O) groups is 1. The van der Waals surface area contributed by atoms with E-state index in [0.717, 1.165) is 40.0 Å². The van der Waals surface area contributed by atoms with Crippen LogP contribution in [0.5, 0.6) is 5.75 Å². The zero-order chi connectivity index (χ0) is 24.9. The van der Waals surface area contributed by atoms with Crippen molar-refractivity contribution in [3.8, 4) is 16.9 Å². The molecule has 7 rings (SSSR count). The van der Waals surface area contributed by atoms with Crippen molar-refractivity contribution in [1.82, 2.24) is 0 Å². The van der Waals surface area contributed by atoms with Gasteiger partial charge >= 0.3 is 0 Å². The van der Waals surface area contributed by atoms with Crippen LogP contribution in [0.3, 0.4) is 0 Å². The second kappa shape index (κ2) is 9.48. The normalized spacial score (nSPS) is 27.4. The van der Waals surface area contributed by atoms with Gasteiger partial charge < -0.3 is 14.2 Å². The van der Waals surface area contributed by atoms with Crippen molar-refractivity contribution in [2.45, 2.75) is 57.2 Å². The van der Waals surface area contributed by atoms with Gasteiger partial charge in [0.1, 0.15) is 5.75 Å². The Morgan fingerprint density at radius 3 is 2.17 bits per heavy atom. The summed E-state index contributed by atoms with van der Waals surface area (Å²) in [5, 5.41) is 1.93. The summed E-state index contributed by atoms with van der Waals surface area (Å²) >= 11 is 5.64. The largest absolute Gasteiger partial charge is 0.467 e. The maximum atomic E-state index is 11.5. The van der Waals surface area contributed by atoms with Gasteiger partial charge in [-0.15, -0.1) is 0 Å². The molecule has 0 aliphatic heterocycles. The van der Waals surface area contributed by atoms with Crippen LogP contribution in [0.2, 0.25) is 0 Å². The first-order valence-corrected chi connectivity index (χ1v) is 13.5. The fourth-order valence-corrected chi connectivity index (χ4v) is 7.61. The highest BCUT2D eigenvalue weighted by Gasteiger charge is 2.52. The zero-order valence-corrected chi connectivity index (χ0v) is 21.7. The second-order valence-electron chi connectivity index (χ2n) is 11.2. The zero-order valence-electron chi connectivity index (χ0n) is 21.0. The van der Waals surface area contributed by atoms with Gasteiger partial charge in [-0.25, -0.2) is 0 Å². The number of hydrogen-bond donors (Lipinski definition) is 0. The Labute approximate surface area is 217 Å². The Morgan fingerprint density at radius 2 is 1.56 bits per heavy atom. The van der Waals surface area contributed by atoms with Crippen molar-refractivity contribution in [2.24, 2.45) is 17.8 Å². The Kier molecular flexibility index (Phi) is 6.31. The van der Waals surface area contributed by atoms with Gasteiger partial charge in [-0.05, 0) is 132 Å². The molecule has 0 N–H and O–H groups in total. The molecule has 3 aromatic carbocycles. The van der Waals surface area contributed by atoms with Crippen molar-refractivity contribution in [1.29, 1.82) is 0 Å². The van der Waals surface area contributed by atoms with Gasteiger partial charge in [0.05, 0.1) is 0 Å². The SMILES string of the molecule is COC(C)OCOc1cc2ccc(-c3ccc(C(=O)Cl)cc3)cc2cc1C12CC3CC(CC(C3)C1)C2. The van der Waals surface area contributed by atoms with Crippen LogP contribution in [0.4, 0.5) is 0 Å². The molecule has 4 nitrogen and oxygen atoms in total. The Bertz CT molecular complexity index is 1250. The van der Waals surface area contributed by atoms with Crippen LogP contribution in [-0.4, -0.2) is 25.4 Å². The molecule has 188 valence electrons. The molecule has 1 unspecified atom stereocenters. The van der Waals surface area contributed by atoms with Gasteiger partial charge in [0.25, 0.3) is 5.24 Å². The highest BCUT2D eigenvalue weighted by molar-refractivity contribution is 6.67. The summed E-state index contributed by atoms with van der Waals surface area (Å²) in [6.07, 6.45) is 7.71. The number of hydrogen-bond acceptors (Lipinski definition) is 4. The average Bonchev–Trinajstić information content (AvgIpc) is 2.87. The lowest BCUT2D eigenvalue weighted by Crippen LogP contribution is -2.48. The molecule has 0 aromatic heterocycles. The molecule has 0 saturated heterocycles. The third kappa shape index (κ3) is 4.44. The molecule has 0 spiro atoms. The first kappa shape index (κ1) is 24.0. The fraction of sp³-hybridized carbons (Fsp3) is 0.452. The van der Waals surface area contributed by atoms with Crippen molar-refractivity contribution in [3.05, 3.63) is 65.7 Å². The lowest BCUT2D eigenvalue weighted by molar-refractivity contribution is -0.150. The maximum Gasteiger partial charge on any atom is 0.252 e. The lowest BCUT2D eigenvalue weighted by atomic mass is 9.48. The highest BCUT2D eigenvalue weighted by Crippen LogP contribution is 2.62. The number of fused-ring (bicyclic) bond motifs is 1. The van der Waals surface area contributed by atoms with Crippen molar-refractivity contribution >= 4 is 27.6 Å². The third-order valence-corrected chi connectivity index (χ3v) is 9.06. The number of rotatable bonds is 8.